The summed E-state index contributed by atoms with van der Waals surface area (Å²) in [5.41, 5.74) is 7.75. The average molecular weight is 277 g/mol. The van der Waals surface area contributed by atoms with Crippen molar-refractivity contribution in [3.63, 3.8) is 0 Å². The van der Waals surface area contributed by atoms with Crippen LogP contribution in [0.3, 0.4) is 0 Å². The van der Waals surface area contributed by atoms with E-state index in [0.717, 1.165) is 5.56 Å². The molecule has 1 aliphatic rings. The minimum Gasteiger partial charge on any atom is -0.329 e. The molecular weight excluding hydrogens is 254 g/mol. The standard InChI is InChI=1S/C15H23N3O2/c1-10-4-5-13(8-14(10)18(19)20)11(2)17(3)15(9-16)12-6-7-12/h4-5,8,11-12,15H,6-7,9,16H2,1-3H3. The van der Waals surface area contributed by atoms with Crippen LogP contribution in [0, 0.1) is 23.0 Å². The summed E-state index contributed by atoms with van der Waals surface area (Å²) in [6.45, 7) is 4.49. The van der Waals surface area contributed by atoms with Crippen LogP contribution in [0.5, 0.6) is 0 Å². The molecule has 5 heteroatoms. The molecule has 1 fully saturated rings. The number of hydrogen-bond acceptors (Lipinski definition) is 4. The normalized spacial score (nSPS) is 18.1. The van der Waals surface area contributed by atoms with Gasteiger partial charge < -0.3 is 5.73 Å². The summed E-state index contributed by atoms with van der Waals surface area (Å²) >= 11 is 0. The zero-order valence-electron chi connectivity index (χ0n) is 12.4. The maximum atomic E-state index is 11.0. The Bertz CT molecular complexity index is 500. The van der Waals surface area contributed by atoms with E-state index >= 15 is 0 Å². The summed E-state index contributed by atoms with van der Waals surface area (Å²) in [6.07, 6.45) is 2.49. The highest BCUT2D eigenvalue weighted by molar-refractivity contribution is 5.43. The molecule has 0 bridgehead atoms. The van der Waals surface area contributed by atoms with E-state index in [2.05, 4.69) is 18.9 Å². The second-order valence-electron chi connectivity index (χ2n) is 5.78. The van der Waals surface area contributed by atoms with E-state index in [1.54, 1.807) is 13.0 Å². The molecule has 1 aliphatic carbocycles. The first-order chi connectivity index (χ1) is 9.45. The van der Waals surface area contributed by atoms with E-state index in [1.807, 2.05) is 12.1 Å². The van der Waals surface area contributed by atoms with Crippen molar-refractivity contribution >= 4 is 5.69 Å². The lowest BCUT2D eigenvalue weighted by atomic mass is 10.0. The Labute approximate surface area is 119 Å². The van der Waals surface area contributed by atoms with Crippen LogP contribution in [-0.4, -0.2) is 29.5 Å². The zero-order valence-corrected chi connectivity index (χ0v) is 12.4. The van der Waals surface area contributed by atoms with Crippen LogP contribution in [-0.2, 0) is 0 Å². The maximum absolute atomic E-state index is 11.0. The number of hydrogen-bond donors (Lipinski definition) is 1. The molecule has 2 atom stereocenters. The van der Waals surface area contributed by atoms with Gasteiger partial charge in [-0.1, -0.05) is 12.1 Å². The highest BCUT2D eigenvalue weighted by Gasteiger charge is 2.34. The molecule has 0 saturated heterocycles. The SMILES string of the molecule is Cc1ccc(C(C)N(C)C(CN)C2CC2)cc1[N+](=O)[O-]. The van der Waals surface area contributed by atoms with Gasteiger partial charge in [-0.15, -0.1) is 0 Å². The molecule has 0 amide bonds. The quantitative estimate of drug-likeness (QED) is 0.641. The van der Waals surface area contributed by atoms with Crippen molar-refractivity contribution in [3.05, 3.63) is 39.4 Å². The van der Waals surface area contributed by atoms with Crippen molar-refractivity contribution < 1.29 is 4.92 Å². The summed E-state index contributed by atoms with van der Waals surface area (Å²) < 4.78 is 0. The number of rotatable bonds is 6. The fourth-order valence-corrected chi connectivity index (χ4v) is 2.78. The molecule has 0 aromatic heterocycles. The fraction of sp³-hybridized carbons (Fsp3) is 0.600. The van der Waals surface area contributed by atoms with Gasteiger partial charge in [0.05, 0.1) is 4.92 Å². The number of nitrogens with two attached hydrogens (primary N) is 1. The van der Waals surface area contributed by atoms with Crippen LogP contribution in [0.1, 0.15) is 36.9 Å². The third-order valence-electron chi connectivity index (χ3n) is 4.45. The van der Waals surface area contributed by atoms with Crippen molar-refractivity contribution in [1.29, 1.82) is 0 Å². The van der Waals surface area contributed by atoms with Crippen LogP contribution < -0.4 is 5.73 Å². The predicted octanol–water partition coefficient (Wildman–Crippen LogP) is 2.63. The Morgan fingerprint density at radius 2 is 2.15 bits per heavy atom. The molecule has 20 heavy (non-hydrogen) atoms. The van der Waals surface area contributed by atoms with Gasteiger partial charge in [0.2, 0.25) is 0 Å². The molecule has 0 heterocycles. The van der Waals surface area contributed by atoms with E-state index in [9.17, 15) is 10.1 Å². The van der Waals surface area contributed by atoms with E-state index in [1.165, 1.54) is 12.8 Å². The Morgan fingerprint density at radius 3 is 2.65 bits per heavy atom. The lowest BCUT2D eigenvalue weighted by molar-refractivity contribution is -0.385. The second kappa shape index (κ2) is 5.89. The van der Waals surface area contributed by atoms with Crippen LogP contribution in [0.25, 0.3) is 0 Å². The molecule has 110 valence electrons. The van der Waals surface area contributed by atoms with Gasteiger partial charge in [0.1, 0.15) is 0 Å². The third-order valence-corrected chi connectivity index (χ3v) is 4.45. The lowest BCUT2D eigenvalue weighted by Gasteiger charge is -2.33. The number of nitrogens with zero attached hydrogens (tertiary/aromatic N) is 2. The first-order valence-electron chi connectivity index (χ1n) is 7.12. The Hall–Kier alpha value is -1.46. The van der Waals surface area contributed by atoms with Crippen LogP contribution >= 0.6 is 0 Å². The van der Waals surface area contributed by atoms with E-state index in [0.29, 0.717) is 24.1 Å². The van der Waals surface area contributed by atoms with Gasteiger partial charge >= 0.3 is 0 Å². The van der Waals surface area contributed by atoms with Crippen LogP contribution in [0.15, 0.2) is 18.2 Å². The number of aryl methyl sites for hydroxylation is 1. The van der Waals surface area contributed by atoms with Crippen LogP contribution in [0.2, 0.25) is 0 Å². The average Bonchev–Trinajstić information content (AvgIpc) is 3.23. The second-order valence-corrected chi connectivity index (χ2v) is 5.78. The van der Waals surface area contributed by atoms with Gasteiger partial charge in [0, 0.05) is 30.3 Å². The van der Waals surface area contributed by atoms with Gasteiger partial charge in [0.15, 0.2) is 0 Å². The molecule has 2 N–H and O–H groups in total. The smallest absolute Gasteiger partial charge is 0.272 e. The number of benzene rings is 1. The van der Waals surface area contributed by atoms with Gasteiger partial charge in [-0.3, -0.25) is 15.0 Å². The number of nitro groups is 1. The van der Waals surface area contributed by atoms with E-state index in [4.69, 9.17) is 5.73 Å². The summed E-state index contributed by atoms with van der Waals surface area (Å²) in [6, 6.07) is 5.99. The summed E-state index contributed by atoms with van der Waals surface area (Å²) in [5, 5.41) is 11.0. The first kappa shape index (κ1) is 14.9. The molecule has 0 aliphatic heterocycles. The Balaban J connectivity index is 2.21. The van der Waals surface area contributed by atoms with Gasteiger partial charge in [-0.2, -0.15) is 0 Å². The summed E-state index contributed by atoms with van der Waals surface area (Å²) in [5.74, 6) is 0.688. The molecule has 1 aromatic rings. The summed E-state index contributed by atoms with van der Waals surface area (Å²) in [4.78, 5) is 13.0. The molecule has 5 nitrogen and oxygen atoms in total. The topological polar surface area (TPSA) is 72.4 Å². The van der Waals surface area contributed by atoms with Crippen molar-refractivity contribution in [2.75, 3.05) is 13.6 Å². The van der Waals surface area contributed by atoms with Crippen molar-refractivity contribution in [2.24, 2.45) is 11.7 Å². The molecule has 1 saturated carbocycles. The zero-order chi connectivity index (χ0) is 14.9. The molecule has 2 unspecified atom stereocenters. The summed E-state index contributed by atoms with van der Waals surface area (Å²) in [7, 11) is 2.06. The van der Waals surface area contributed by atoms with Crippen molar-refractivity contribution in [1.82, 2.24) is 4.90 Å². The first-order valence-corrected chi connectivity index (χ1v) is 7.12. The van der Waals surface area contributed by atoms with Gasteiger partial charge in [-0.05, 0) is 45.2 Å². The monoisotopic (exact) mass is 277 g/mol. The molecule has 1 aromatic carbocycles. The molecule has 0 spiro atoms. The van der Waals surface area contributed by atoms with Crippen molar-refractivity contribution in [2.45, 2.75) is 38.8 Å². The molecule has 2 rings (SSSR count). The molecular formula is C15H23N3O2. The Morgan fingerprint density at radius 1 is 1.50 bits per heavy atom. The largest absolute Gasteiger partial charge is 0.329 e. The van der Waals surface area contributed by atoms with E-state index < -0.39 is 0 Å². The lowest BCUT2D eigenvalue weighted by Crippen LogP contribution is -2.41. The highest BCUT2D eigenvalue weighted by atomic mass is 16.6. The highest BCUT2D eigenvalue weighted by Crippen LogP contribution is 2.37. The van der Waals surface area contributed by atoms with E-state index in [-0.39, 0.29) is 16.7 Å². The minimum absolute atomic E-state index is 0.128. The minimum atomic E-state index is -0.313. The number of nitro benzene ring substituents is 1. The maximum Gasteiger partial charge on any atom is 0.272 e. The fourth-order valence-electron chi connectivity index (χ4n) is 2.78. The Kier molecular flexibility index (Phi) is 4.40. The van der Waals surface area contributed by atoms with Crippen molar-refractivity contribution in [3.8, 4) is 0 Å². The van der Waals surface area contributed by atoms with Gasteiger partial charge in [0.25, 0.3) is 5.69 Å². The molecule has 0 radical (unpaired) electrons. The van der Waals surface area contributed by atoms with Crippen LogP contribution in [0.4, 0.5) is 5.69 Å². The predicted molar refractivity (Wildman–Crippen MR) is 79.6 cm³/mol. The third kappa shape index (κ3) is 2.99. The van der Waals surface area contributed by atoms with Gasteiger partial charge in [-0.25, -0.2) is 0 Å². The number of likely N-dealkylation sites (N-methyl/N-ethyl adjacent to an activating group) is 1.